The van der Waals surface area contributed by atoms with E-state index in [1.165, 1.54) is 13.3 Å². The molecule has 0 spiro atoms. The van der Waals surface area contributed by atoms with Gasteiger partial charge in [0.2, 0.25) is 0 Å². The van der Waals surface area contributed by atoms with Crippen LogP contribution in [0.2, 0.25) is 0 Å². The van der Waals surface area contributed by atoms with E-state index in [9.17, 15) is 4.79 Å². The molecule has 0 aliphatic rings. The lowest BCUT2D eigenvalue weighted by Crippen LogP contribution is -2.19. The van der Waals surface area contributed by atoms with Crippen LogP contribution in [0.1, 0.15) is 18.4 Å². The summed E-state index contributed by atoms with van der Waals surface area (Å²) in [5, 5.41) is 14.9. The maximum atomic E-state index is 11.1. The predicted molar refractivity (Wildman–Crippen MR) is 89.8 cm³/mol. The Morgan fingerprint density at radius 2 is 2.09 bits per heavy atom. The third kappa shape index (κ3) is 7.82. The molecule has 8 heteroatoms. The van der Waals surface area contributed by atoms with Gasteiger partial charge in [0.1, 0.15) is 17.5 Å². The number of benzene rings is 1. The van der Waals surface area contributed by atoms with E-state index < -0.39 is 12.0 Å². The average molecular weight is 324 g/mol. The zero-order valence-corrected chi connectivity index (χ0v) is 13.4. The fourth-order valence-corrected chi connectivity index (χ4v) is 1.67. The minimum atomic E-state index is -0.956. The Kier molecular flexibility index (Phi) is 10.6. The molecular weight excluding hydrogens is 300 g/mol. The molecule has 0 aromatic heterocycles. The van der Waals surface area contributed by atoms with Gasteiger partial charge in [-0.05, 0) is 31.5 Å². The third-order valence-electron chi connectivity index (χ3n) is 2.80. The molecular formula is C15H24N4O4. The summed E-state index contributed by atoms with van der Waals surface area (Å²) in [5.41, 5.74) is 10.5. The highest BCUT2D eigenvalue weighted by molar-refractivity contribution is 5.86. The van der Waals surface area contributed by atoms with Crippen molar-refractivity contribution in [3.63, 3.8) is 0 Å². The van der Waals surface area contributed by atoms with Crippen molar-refractivity contribution >= 4 is 18.5 Å². The van der Waals surface area contributed by atoms with Crippen LogP contribution in [0.15, 0.2) is 23.2 Å². The Hall–Kier alpha value is -2.61. The van der Waals surface area contributed by atoms with Crippen molar-refractivity contribution in [2.75, 3.05) is 20.8 Å². The number of methoxy groups -OCH3 is 2. The standard InChI is InChI=1S/C14H20N2O4.CH4N2/c1-19-11-6-5-10(13(8-11)20-2)9-16-12(14(17)18)4-3-7-15;2-1-3/h5-6,8-9,12H,3-4,7,15H2,1-2H3,(H,17,18);1H,(H3,2,3). The Balaban J connectivity index is 0.00000149. The van der Waals surface area contributed by atoms with Gasteiger partial charge in [-0.1, -0.05) is 0 Å². The second-order valence-corrected chi connectivity index (χ2v) is 4.34. The molecule has 1 aromatic rings. The molecule has 0 saturated carbocycles. The first-order chi connectivity index (χ1) is 11.0. The van der Waals surface area contributed by atoms with Gasteiger partial charge in [-0.15, -0.1) is 0 Å². The number of aliphatic carboxylic acids is 1. The molecule has 1 unspecified atom stereocenters. The molecule has 0 fully saturated rings. The van der Waals surface area contributed by atoms with Gasteiger partial charge in [-0.3, -0.25) is 10.4 Å². The van der Waals surface area contributed by atoms with E-state index in [0.717, 1.165) is 6.34 Å². The van der Waals surface area contributed by atoms with Gasteiger partial charge in [0.05, 0.1) is 20.6 Å². The van der Waals surface area contributed by atoms with Crippen LogP contribution in [0, 0.1) is 5.41 Å². The minimum absolute atomic E-state index is 0.417. The fraction of sp³-hybridized carbons (Fsp3) is 0.400. The van der Waals surface area contributed by atoms with Gasteiger partial charge < -0.3 is 26.0 Å². The van der Waals surface area contributed by atoms with Gasteiger partial charge in [0.15, 0.2) is 0 Å². The number of nitrogens with two attached hydrogens (primary N) is 2. The number of carboxylic acid groups (broad SMARTS) is 1. The van der Waals surface area contributed by atoms with E-state index in [1.54, 1.807) is 25.3 Å². The van der Waals surface area contributed by atoms with Crippen LogP contribution in [0.5, 0.6) is 11.5 Å². The van der Waals surface area contributed by atoms with Crippen LogP contribution in [-0.2, 0) is 4.79 Å². The molecule has 0 amide bonds. The van der Waals surface area contributed by atoms with Gasteiger partial charge in [-0.25, -0.2) is 4.79 Å². The Bertz CT molecular complexity index is 520. The summed E-state index contributed by atoms with van der Waals surface area (Å²) in [4.78, 5) is 15.2. The van der Waals surface area contributed by atoms with Crippen LogP contribution in [0.25, 0.3) is 0 Å². The number of hydrogen-bond acceptors (Lipinski definition) is 6. The molecule has 0 aliphatic heterocycles. The summed E-state index contributed by atoms with van der Waals surface area (Å²) >= 11 is 0. The van der Waals surface area contributed by atoms with Crippen molar-refractivity contribution in [1.29, 1.82) is 5.41 Å². The predicted octanol–water partition coefficient (Wildman–Crippen LogP) is 0.867. The van der Waals surface area contributed by atoms with E-state index in [1.807, 2.05) is 0 Å². The SMILES string of the molecule is COc1ccc(C=NC(CCCN)C(=O)O)c(OC)c1.N=CN. The van der Waals surface area contributed by atoms with Gasteiger partial charge in [-0.2, -0.15) is 0 Å². The van der Waals surface area contributed by atoms with Crippen molar-refractivity contribution in [3.05, 3.63) is 23.8 Å². The Labute approximate surface area is 135 Å². The number of carbonyl (C=O) groups is 1. The van der Waals surface area contributed by atoms with Crippen LogP contribution < -0.4 is 20.9 Å². The number of carboxylic acids is 1. The summed E-state index contributed by atoms with van der Waals surface area (Å²) in [5.74, 6) is 0.287. The molecule has 8 nitrogen and oxygen atoms in total. The topological polar surface area (TPSA) is 144 Å². The lowest BCUT2D eigenvalue weighted by atomic mass is 10.1. The summed E-state index contributed by atoms with van der Waals surface area (Å²) < 4.78 is 10.3. The van der Waals surface area contributed by atoms with Gasteiger partial charge in [0, 0.05) is 17.8 Å². The van der Waals surface area contributed by atoms with Crippen LogP contribution >= 0.6 is 0 Å². The zero-order chi connectivity index (χ0) is 17.7. The van der Waals surface area contributed by atoms with Crippen molar-refractivity contribution in [1.82, 2.24) is 0 Å². The van der Waals surface area contributed by atoms with E-state index in [2.05, 4.69) is 10.7 Å². The smallest absolute Gasteiger partial charge is 0.328 e. The van der Waals surface area contributed by atoms with Crippen molar-refractivity contribution < 1.29 is 19.4 Å². The van der Waals surface area contributed by atoms with Crippen LogP contribution in [0.4, 0.5) is 0 Å². The highest BCUT2D eigenvalue weighted by Gasteiger charge is 2.14. The number of nitrogens with one attached hydrogen (secondary N) is 1. The largest absolute Gasteiger partial charge is 0.497 e. The van der Waals surface area contributed by atoms with Crippen molar-refractivity contribution in [3.8, 4) is 11.5 Å². The monoisotopic (exact) mass is 324 g/mol. The first-order valence-corrected chi connectivity index (χ1v) is 6.92. The normalized spacial score (nSPS) is 11.3. The molecule has 1 rings (SSSR count). The lowest BCUT2D eigenvalue weighted by molar-refractivity contribution is -0.138. The van der Waals surface area contributed by atoms with Crippen molar-refractivity contribution in [2.24, 2.45) is 16.5 Å². The average Bonchev–Trinajstić information content (AvgIpc) is 2.55. The minimum Gasteiger partial charge on any atom is -0.497 e. The number of aliphatic imine (C=N–C) groups is 1. The summed E-state index contributed by atoms with van der Waals surface area (Å²) in [7, 11) is 3.10. The summed E-state index contributed by atoms with van der Waals surface area (Å²) in [6, 6.07) is 4.46. The molecule has 0 aliphatic carbocycles. The van der Waals surface area contributed by atoms with Crippen LogP contribution in [0.3, 0.4) is 0 Å². The third-order valence-corrected chi connectivity index (χ3v) is 2.80. The summed E-state index contributed by atoms with van der Waals surface area (Å²) in [6.45, 7) is 0.450. The number of ether oxygens (including phenoxy) is 2. The molecule has 6 N–H and O–H groups in total. The second kappa shape index (κ2) is 12.0. The van der Waals surface area contributed by atoms with E-state index >= 15 is 0 Å². The van der Waals surface area contributed by atoms with Gasteiger partial charge in [0.25, 0.3) is 0 Å². The first-order valence-electron chi connectivity index (χ1n) is 6.92. The van der Waals surface area contributed by atoms with E-state index in [4.69, 9.17) is 25.7 Å². The molecule has 1 aromatic carbocycles. The highest BCUT2D eigenvalue weighted by Crippen LogP contribution is 2.23. The Morgan fingerprint density at radius 3 is 2.57 bits per heavy atom. The fourth-order valence-electron chi connectivity index (χ4n) is 1.67. The maximum absolute atomic E-state index is 11.1. The molecule has 0 bridgehead atoms. The molecule has 1 atom stereocenters. The van der Waals surface area contributed by atoms with Crippen molar-refractivity contribution in [2.45, 2.75) is 18.9 Å². The number of hydrogen-bond donors (Lipinski definition) is 4. The van der Waals surface area contributed by atoms with Gasteiger partial charge >= 0.3 is 5.97 Å². The van der Waals surface area contributed by atoms with E-state index in [-0.39, 0.29) is 0 Å². The number of nitrogens with zero attached hydrogens (tertiary/aromatic N) is 1. The molecule has 0 saturated heterocycles. The quantitative estimate of drug-likeness (QED) is 0.412. The molecule has 0 radical (unpaired) electrons. The lowest BCUT2D eigenvalue weighted by Gasteiger charge is -2.09. The molecule has 128 valence electrons. The highest BCUT2D eigenvalue weighted by atomic mass is 16.5. The molecule has 0 heterocycles. The zero-order valence-electron chi connectivity index (χ0n) is 13.4. The first kappa shape index (κ1) is 20.4. The number of rotatable bonds is 8. The molecule has 23 heavy (non-hydrogen) atoms. The maximum Gasteiger partial charge on any atom is 0.328 e. The summed E-state index contributed by atoms with van der Waals surface area (Å²) in [6.07, 6.45) is 3.29. The van der Waals surface area contributed by atoms with E-state index in [0.29, 0.717) is 36.4 Å². The Morgan fingerprint density at radius 1 is 1.43 bits per heavy atom. The van der Waals surface area contributed by atoms with Crippen LogP contribution in [-0.4, -0.2) is 50.4 Å². The second-order valence-electron chi connectivity index (χ2n) is 4.34.